The van der Waals surface area contributed by atoms with E-state index < -0.39 is 39.3 Å². The van der Waals surface area contributed by atoms with Gasteiger partial charge in [-0.3, -0.25) is 14.4 Å². The Labute approximate surface area is 160 Å². The highest BCUT2D eigenvalue weighted by Gasteiger charge is 2.42. The summed E-state index contributed by atoms with van der Waals surface area (Å²) in [5.41, 5.74) is -1.72. The molecule has 0 fully saturated rings. The highest BCUT2D eigenvalue weighted by Crippen LogP contribution is 2.44. The third-order valence-corrected chi connectivity index (χ3v) is 4.67. The number of anilines is 3. The molecule has 0 radical (unpaired) electrons. The quantitative estimate of drug-likeness (QED) is 0.822. The molecule has 6 nitrogen and oxygen atoms in total. The van der Waals surface area contributed by atoms with E-state index in [2.05, 4.69) is 4.72 Å². The summed E-state index contributed by atoms with van der Waals surface area (Å²) in [4.78, 5) is 14.0. The normalized spacial score (nSPS) is 16.0. The summed E-state index contributed by atoms with van der Waals surface area (Å²) < 4.78 is 70.7. The van der Waals surface area contributed by atoms with Gasteiger partial charge in [0.1, 0.15) is 11.6 Å². The van der Waals surface area contributed by atoms with E-state index in [0.717, 1.165) is 23.3 Å². The molecule has 0 atom stereocenters. The number of carbonyl (C=O) groups excluding carboxylic acids is 1. The molecule has 150 valence electrons. The minimum absolute atomic E-state index is 0.0446. The Balaban J connectivity index is 2.15. The van der Waals surface area contributed by atoms with Crippen molar-refractivity contribution >= 4 is 33.0 Å². The maximum Gasteiger partial charge on any atom is 0.275 e. The lowest BCUT2D eigenvalue weighted by Gasteiger charge is -2.39. The summed E-state index contributed by atoms with van der Waals surface area (Å²) in [5, 5.41) is 0. The van der Waals surface area contributed by atoms with E-state index in [-0.39, 0.29) is 22.8 Å². The van der Waals surface area contributed by atoms with Crippen LogP contribution in [0.2, 0.25) is 0 Å². The number of hydrogen-bond donors (Lipinski definition) is 1. The molecular formula is C18H17F3N2O4S. The lowest BCUT2D eigenvalue weighted by Crippen LogP contribution is -2.50. The maximum atomic E-state index is 13.7. The third-order valence-electron chi connectivity index (χ3n) is 4.06. The summed E-state index contributed by atoms with van der Waals surface area (Å²) in [5.74, 6) is -1.46. The van der Waals surface area contributed by atoms with Crippen molar-refractivity contribution in [3.8, 4) is 5.75 Å². The van der Waals surface area contributed by atoms with E-state index in [4.69, 9.17) is 4.74 Å². The number of amides is 1. The summed E-state index contributed by atoms with van der Waals surface area (Å²) in [6.45, 7) is 2.97. The zero-order valence-corrected chi connectivity index (χ0v) is 16.0. The van der Waals surface area contributed by atoms with Crippen molar-refractivity contribution in [1.29, 1.82) is 0 Å². The van der Waals surface area contributed by atoms with Crippen molar-refractivity contribution < 1.29 is 31.1 Å². The average molecular weight is 414 g/mol. The molecule has 3 rings (SSSR count). The van der Waals surface area contributed by atoms with E-state index in [9.17, 15) is 26.4 Å². The SMILES string of the molecule is CC1(C)Oc2cc(NS(C)(=O)=O)ccc2N(c2ccc(F)c(C(F)F)c2)C1=O. The first kappa shape index (κ1) is 20.0. The van der Waals surface area contributed by atoms with Gasteiger partial charge in [0, 0.05) is 11.8 Å². The van der Waals surface area contributed by atoms with Crippen molar-refractivity contribution in [2.75, 3.05) is 15.9 Å². The van der Waals surface area contributed by atoms with Crippen molar-refractivity contribution in [2.24, 2.45) is 0 Å². The molecule has 10 heteroatoms. The Bertz CT molecular complexity index is 1050. The van der Waals surface area contributed by atoms with E-state index in [1.165, 1.54) is 38.1 Å². The number of alkyl halides is 2. The van der Waals surface area contributed by atoms with Gasteiger partial charge >= 0.3 is 0 Å². The Morgan fingerprint density at radius 2 is 1.82 bits per heavy atom. The molecule has 28 heavy (non-hydrogen) atoms. The number of carbonyl (C=O) groups is 1. The van der Waals surface area contributed by atoms with E-state index in [0.29, 0.717) is 0 Å². The Morgan fingerprint density at radius 1 is 1.14 bits per heavy atom. The topological polar surface area (TPSA) is 75.7 Å². The monoisotopic (exact) mass is 414 g/mol. The predicted octanol–water partition coefficient (Wildman–Crippen LogP) is 3.97. The minimum atomic E-state index is -3.54. The molecule has 1 amide bonds. The summed E-state index contributed by atoms with van der Waals surface area (Å²) >= 11 is 0. The van der Waals surface area contributed by atoms with Crippen LogP contribution in [0, 0.1) is 5.82 Å². The van der Waals surface area contributed by atoms with E-state index >= 15 is 0 Å². The zero-order valence-electron chi connectivity index (χ0n) is 15.2. The first-order chi connectivity index (χ1) is 12.9. The minimum Gasteiger partial charge on any atom is -0.476 e. The van der Waals surface area contributed by atoms with Gasteiger partial charge in [-0.15, -0.1) is 0 Å². The predicted molar refractivity (Wildman–Crippen MR) is 98.1 cm³/mol. The second-order valence-electron chi connectivity index (χ2n) is 6.82. The van der Waals surface area contributed by atoms with Gasteiger partial charge < -0.3 is 4.74 Å². The van der Waals surface area contributed by atoms with Crippen molar-refractivity contribution in [3.63, 3.8) is 0 Å². The highest BCUT2D eigenvalue weighted by atomic mass is 32.2. The molecule has 0 bridgehead atoms. The molecule has 1 N–H and O–H groups in total. The first-order valence-corrected chi connectivity index (χ1v) is 10.0. The van der Waals surface area contributed by atoms with Crippen LogP contribution < -0.4 is 14.4 Å². The highest BCUT2D eigenvalue weighted by molar-refractivity contribution is 7.92. The molecule has 0 aliphatic carbocycles. The maximum absolute atomic E-state index is 13.7. The van der Waals surface area contributed by atoms with E-state index in [1.54, 1.807) is 0 Å². The van der Waals surface area contributed by atoms with Gasteiger partial charge in [0.15, 0.2) is 5.60 Å². The molecule has 0 saturated carbocycles. The molecule has 2 aromatic rings. The fourth-order valence-corrected chi connectivity index (χ4v) is 3.40. The Morgan fingerprint density at radius 3 is 2.43 bits per heavy atom. The van der Waals surface area contributed by atoms with Crippen LogP contribution in [0.4, 0.5) is 30.2 Å². The smallest absolute Gasteiger partial charge is 0.275 e. The van der Waals surface area contributed by atoms with Crippen LogP contribution in [0.25, 0.3) is 0 Å². The molecule has 0 saturated heterocycles. The second-order valence-corrected chi connectivity index (χ2v) is 8.56. The van der Waals surface area contributed by atoms with Crippen LogP contribution in [-0.2, 0) is 14.8 Å². The number of sulfonamides is 1. The number of halogens is 3. The average Bonchev–Trinajstić information content (AvgIpc) is 2.55. The molecule has 0 unspecified atom stereocenters. The molecule has 0 aromatic heterocycles. The molecular weight excluding hydrogens is 397 g/mol. The largest absolute Gasteiger partial charge is 0.476 e. The standard InChI is InChI=1S/C18H17F3N2O4S/c1-18(2)17(24)23(11-5-6-13(19)12(9-11)16(20)21)14-7-4-10(8-15(14)27-18)22-28(3,25)26/h4-9,16,22H,1-3H3. The number of rotatable bonds is 4. The van der Waals surface area contributed by atoms with Crippen LogP contribution in [0.5, 0.6) is 5.75 Å². The lowest BCUT2D eigenvalue weighted by molar-refractivity contribution is -0.131. The molecule has 1 heterocycles. The summed E-state index contributed by atoms with van der Waals surface area (Å²) in [6, 6.07) is 7.19. The zero-order chi connectivity index (χ0) is 20.9. The summed E-state index contributed by atoms with van der Waals surface area (Å²) in [7, 11) is -3.54. The number of ether oxygens (including phenoxy) is 1. The van der Waals surface area contributed by atoms with Crippen molar-refractivity contribution in [3.05, 3.63) is 47.8 Å². The van der Waals surface area contributed by atoms with Crippen LogP contribution >= 0.6 is 0 Å². The summed E-state index contributed by atoms with van der Waals surface area (Å²) in [6.07, 6.45) is -2.07. The van der Waals surface area contributed by atoms with Crippen LogP contribution in [0.15, 0.2) is 36.4 Å². The Kier molecular flexibility index (Phi) is 4.78. The fourth-order valence-electron chi connectivity index (χ4n) is 2.85. The molecule has 0 spiro atoms. The number of nitrogens with zero attached hydrogens (tertiary/aromatic N) is 1. The van der Waals surface area contributed by atoms with Gasteiger partial charge in [0.25, 0.3) is 12.3 Å². The lowest BCUT2D eigenvalue weighted by atomic mass is 10.0. The number of benzene rings is 2. The molecule has 1 aliphatic heterocycles. The number of hydrogen-bond acceptors (Lipinski definition) is 4. The molecule has 1 aliphatic rings. The van der Waals surface area contributed by atoms with Crippen LogP contribution in [0.1, 0.15) is 25.8 Å². The van der Waals surface area contributed by atoms with Gasteiger partial charge in [-0.2, -0.15) is 0 Å². The fraction of sp³-hybridized carbons (Fsp3) is 0.278. The Hall–Kier alpha value is -2.75. The number of nitrogens with one attached hydrogen (secondary N) is 1. The van der Waals surface area contributed by atoms with Gasteiger partial charge in [-0.25, -0.2) is 21.6 Å². The van der Waals surface area contributed by atoms with Gasteiger partial charge in [0.05, 0.1) is 23.2 Å². The van der Waals surface area contributed by atoms with Crippen LogP contribution in [0.3, 0.4) is 0 Å². The molecule has 2 aromatic carbocycles. The first-order valence-electron chi connectivity index (χ1n) is 8.12. The van der Waals surface area contributed by atoms with Crippen LogP contribution in [-0.4, -0.2) is 26.2 Å². The van der Waals surface area contributed by atoms with Gasteiger partial charge in [0.2, 0.25) is 10.0 Å². The number of fused-ring (bicyclic) bond motifs is 1. The van der Waals surface area contributed by atoms with Crippen molar-refractivity contribution in [1.82, 2.24) is 0 Å². The van der Waals surface area contributed by atoms with Gasteiger partial charge in [-0.05, 0) is 44.2 Å². The van der Waals surface area contributed by atoms with E-state index in [1.807, 2.05) is 0 Å². The second kappa shape index (κ2) is 6.69. The van der Waals surface area contributed by atoms with Gasteiger partial charge in [-0.1, -0.05) is 0 Å². The van der Waals surface area contributed by atoms with Crippen molar-refractivity contribution in [2.45, 2.75) is 25.9 Å². The third kappa shape index (κ3) is 3.77.